The van der Waals surface area contributed by atoms with E-state index in [1.807, 2.05) is 22.9 Å². The van der Waals surface area contributed by atoms with Crippen LogP contribution < -0.4 is 15.4 Å². The van der Waals surface area contributed by atoms with Gasteiger partial charge in [0.25, 0.3) is 0 Å². The summed E-state index contributed by atoms with van der Waals surface area (Å²) in [5.74, 6) is 1.36. The van der Waals surface area contributed by atoms with Crippen molar-refractivity contribution in [2.24, 2.45) is 4.99 Å². The first kappa shape index (κ1) is 19.7. The molecular formula is C19H22N6O2S2. The van der Waals surface area contributed by atoms with Crippen LogP contribution in [0.2, 0.25) is 0 Å². The number of aliphatic hydroxyl groups is 1. The average Bonchev–Trinajstić information content (AvgIpc) is 3.42. The van der Waals surface area contributed by atoms with E-state index in [1.54, 1.807) is 17.5 Å². The van der Waals surface area contributed by atoms with E-state index in [2.05, 4.69) is 25.6 Å². The van der Waals surface area contributed by atoms with Gasteiger partial charge in [-0.05, 0) is 25.3 Å². The fourth-order valence-electron chi connectivity index (χ4n) is 2.67. The van der Waals surface area contributed by atoms with Crippen LogP contribution in [0.3, 0.4) is 0 Å². The first-order valence-electron chi connectivity index (χ1n) is 9.49. The molecule has 152 valence electrons. The van der Waals surface area contributed by atoms with Crippen LogP contribution in [0.25, 0.3) is 22.0 Å². The maximum Gasteiger partial charge on any atom is 0.213 e. The molecular weight excluding hydrogens is 408 g/mol. The highest BCUT2D eigenvalue weighted by atomic mass is 32.1. The Labute approximate surface area is 176 Å². The molecule has 0 spiro atoms. The summed E-state index contributed by atoms with van der Waals surface area (Å²) in [6.45, 7) is 2.50. The second-order valence-electron chi connectivity index (χ2n) is 6.38. The number of thiazole rings is 2. The van der Waals surface area contributed by atoms with Crippen molar-refractivity contribution in [3.63, 3.8) is 0 Å². The second kappa shape index (κ2) is 9.77. The predicted octanol–water partition coefficient (Wildman–Crippen LogP) is 3.24. The van der Waals surface area contributed by atoms with E-state index in [0.29, 0.717) is 12.5 Å². The summed E-state index contributed by atoms with van der Waals surface area (Å²) in [4.78, 5) is 18.1. The molecule has 0 fully saturated rings. The van der Waals surface area contributed by atoms with Crippen molar-refractivity contribution in [3.8, 4) is 27.8 Å². The summed E-state index contributed by atoms with van der Waals surface area (Å²) in [6, 6.07) is 3.80. The molecule has 0 aromatic carbocycles. The fourth-order valence-corrected chi connectivity index (χ4v) is 4.18. The molecule has 0 saturated carbocycles. The lowest BCUT2D eigenvalue weighted by molar-refractivity contribution is 0.249. The van der Waals surface area contributed by atoms with Crippen molar-refractivity contribution in [1.29, 1.82) is 0 Å². The number of rotatable bonds is 8. The van der Waals surface area contributed by atoms with Crippen molar-refractivity contribution >= 4 is 33.8 Å². The molecule has 4 rings (SSSR count). The lowest BCUT2D eigenvalue weighted by atomic mass is 10.3. The molecule has 3 N–H and O–H groups in total. The molecule has 0 amide bonds. The van der Waals surface area contributed by atoms with E-state index in [-0.39, 0.29) is 6.61 Å². The number of unbranched alkanes of at least 4 members (excludes halogenated alkanes) is 1. The molecule has 1 aliphatic rings. The van der Waals surface area contributed by atoms with Crippen LogP contribution in [-0.4, -0.2) is 52.3 Å². The topological polar surface area (TPSA) is 105 Å². The minimum atomic E-state index is 0.185. The van der Waals surface area contributed by atoms with Gasteiger partial charge in [-0.15, -0.1) is 22.7 Å². The van der Waals surface area contributed by atoms with Crippen LogP contribution in [-0.2, 0) is 0 Å². The van der Waals surface area contributed by atoms with Gasteiger partial charge in [-0.25, -0.2) is 15.0 Å². The molecule has 0 saturated heterocycles. The molecule has 10 heteroatoms. The van der Waals surface area contributed by atoms with E-state index in [4.69, 9.17) is 14.8 Å². The number of pyridine rings is 1. The van der Waals surface area contributed by atoms with Gasteiger partial charge < -0.3 is 20.5 Å². The Kier molecular flexibility index (Phi) is 6.65. The Bertz CT molecular complexity index is 954. The molecule has 0 atom stereocenters. The van der Waals surface area contributed by atoms with Crippen molar-refractivity contribution in [3.05, 3.63) is 29.1 Å². The number of guanidine groups is 1. The van der Waals surface area contributed by atoms with Crippen molar-refractivity contribution in [1.82, 2.24) is 20.3 Å². The van der Waals surface area contributed by atoms with Crippen LogP contribution in [0.5, 0.6) is 5.88 Å². The van der Waals surface area contributed by atoms with E-state index < -0.39 is 0 Å². The average molecular weight is 431 g/mol. The molecule has 0 aliphatic carbocycles. The van der Waals surface area contributed by atoms with Gasteiger partial charge in [0.1, 0.15) is 16.4 Å². The smallest absolute Gasteiger partial charge is 0.213 e. The van der Waals surface area contributed by atoms with E-state index in [0.717, 1.165) is 65.4 Å². The lowest BCUT2D eigenvalue weighted by Crippen LogP contribution is -2.35. The third-order valence-corrected chi connectivity index (χ3v) is 5.83. The molecule has 0 radical (unpaired) electrons. The zero-order valence-corrected chi connectivity index (χ0v) is 17.4. The summed E-state index contributed by atoms with van der Waals surface area (Å²) >= 11 is 3.09. The highest BCUT2D eigenvalue weighted by Crippen LogP contribution is 2.30. The maximum absolute atomic E-state index is 8.79. The Morgan fingerprint density at radius 2 is 2.03 bits per heavy atom. The third-order valence-electron chi connectivity index (χ3n) is 4.18. The fraction of sp³-hybridized carbons (Fsp3) is 0.368. The number of aliphatic imine (C=N–C) groups is 1. The standard InChI is InChI=1S/C19H22N6O2S2/c26-8-1-2-9-27-16-5-4-13(10-22-16)17-23-14(11-28-17)15-12-29-19(24-15)25-18-20-6-3-7-21-18/h4-5,10-12,26H,1-3,6-9H2,(H2,20,21,24,25). The quantitative estimate of drug-likeness (QED) is 0.471. The van der Waals surface area contributed by atoms with Crippen molar-refractivity contribution in [2.45, 2.75) is 19.3 Å². The van der Waals surface area contributed by atoms with Gasteiger partial charge in [0.15, 0.2) is 11.1 Å². The van der Waals surface area contributed by atoms with Crippen LogP contribution in [0.15, 0.2) is 34.1 Å². The summed E-state index contributed by atoms with van der Waals surface area (Å²) in [5, 5.41) is 20.9. The van der Waals surface area contributed by atoms with Gasteiger partial charge in [0, 0.05) is 48.3 Å². The molecule has 0 bridgehead atoms. The third kappa shape index (κ3) is 5.28. The van der Waals surface area contributed by atoms with Gasteiger partial charge in [-0.2, -0.15) is 0 Å². The van der Waals surface area contributed by atoms with E-state index >= 15 is 0 Å². The maximum atomic E-state index is 8.79. The molecule has 8 nitrogen and oxygen atoms in total. The minimum absolute atomic E-state index is 0.185. The Morgan fingerprint density at radius 1 is 1.14 bits per heavy atom. The zero-order chi connectivity index (χ0) is 19.9. The summed E-state index contributed by atoms with van der Waals surface area (Å²) in [5.41, 5.74) is 2.63. The largest absolute Gasteiger partial charge is 0.478 e. The summed E-state index contributed by atoms with van der Waals surface area (Å²) in [7, 11) is 0. The van der Waals surface area contributed by atoms with Crippen molar-refractivity contribution in [2.75, 3.05) is 31.6 Å². The van der Waals surface area contributed by atoms with Gasteiger partial charge in [0.2, 0.25) is 5.88 Å². The highest BCUT2D eigenvalue weighted by Gasteiger charge is 2.12. The molecule has 1 aliphatic heterocycles. The van der Waals surface area contributed by atoms with Gasteiger partial charge >= 0.3 is 0 Å². The highest BCUT2D eigenvalue weighted by molar-refractivity contribution is 7.14. The van der Waals surface area contributed by atoms with Crippen LogP contribution in [0.4, 0.5) is 5.13 Å². The normalized spacial score (nSPS) is 13.6. The summed E-state index contributed by atoms with van der Waals surface area (Å²) in [6.07, 6.45) is 4.37. The predicted molar refractivity (Wildman–Crippen MR) is 117 cm³/mol. The number of aromatic nitrogens is 3. The SMILES string of the molecule is OCCCCOc1ccc(-c2nc(-c3csc(NC4=NCCCN4)n3)cs2)cn1. The van der Waals surface area contributed by atoms with Crippen LogP contribution >= 0.6 is 22.7 Å². The summed E-state index contributed by atoms with van der Waals surface area (Å²) < 4.78 is 5.57. The second-order valence-corrected chi connectivity index (χ2v) is 8.09. The van der Waals surface area contributed by atoms with Gasteiger partial charge in [-0.1, -0.05) is 0 Å². The van der Waals surface area contributed by atoms with E-state index in [1.165, 1.54) is 11.3 Å². The Hall–Kier alpha value is -2.56. The molecule has 0 unspecified atom stereocenters. The van der Waals surface area contributed by atoms with Gasteiger partial charge in [0.05, 0.1) is 6.61 Å². The molecule has 4 heterocycles. The number of ether oxygens (including phenoxy) is 1. The first-order valence-corrected chi connectivity index (χ1v) is 11.2. The first-order chi connectivity index (χ1) is 14.3. The number of nitrogens with zero attached hydrogens (tertiary/aromatic N) is 4. The Balaban J connectivity index is 1.39. The van der Waals surface area contributed by atoms with Crippen molar-refractivity contribution < 1.29 is 9.84 Å². The molecule has 29 heavy (non-hydrogen) atoms. The zero-order valence-electron chi connectivity index (χ0n) is 15.8. The number of anilines is 1. The monoisotopic (exact) mass is 430 g/mol. The number of hydrogen-bond acceptors (Lipinski definition) is 10. The number of aliphatic hydroxyl groups excluding tert-OH is 1. The lowest BCUT2D eigenvalue weighted by Gasteiger charge is -2.13. The van der Waals surface area contributed by atoms with Crippen LogP contribution in [0.1, 0.15) is 19.3 Å². The minimum Gasteiger partial charge on any atom is -0.478 e. The number of hydrogen-bond donors (Lipinski definition) is 3. The molecule has 3 aromatic rings. The van der Waals surface area contributed by atoms with Crippen LogP contribution in [0, 0.1) is 0 Å². The number of nitrogens with one attached hydrogen (secondary N) is 2. The Morgan fingerprint density at radius 3 is 2.83 bits per heavy atom. The van der Waals surface area contributed by atoms with E-state index in [9.17, 15) is 0 Å². The molecule has 3 aromatic heterocycles. The van der Waals surface area contributed by atoms with Gasteiger partial charge in [-0.3, -0.25) is 4.99 Å².